The van der Waals surface area contributed by atoms with E-state index >= 15 is 0 Å². The van der Waals surface area contributed by atoms with Crippen LogP contribution < -0.4 is 0 Å². The van der Waals surface area contributed by atoms with Crippen molar-refractivity contribution < 1.29 is 8.83 Å². The van der Waals surface area contributed by atoms with Crippen LogP contribution in [-0.2, 0) is 0 Å². The van der Waals surface area contributed by atoms with Crippen LogP contribution in [0.3, 0.4) is 0 Å². The van der Waals surface area contributed by atoms with E-state index in [-0.39, 0.29) is 12.0 Å². The molecule has 0 bridgehead atoms. The van der Waals surface area contributed by atoms with E-state index in [4.69, 9.17) is 18.8 Å². The molecule has 0 aliphatic carbocycles. The second kappa shape index (κ2) is 14.0. The molecule has 0 radical (unpaired) electrons. The van der Waals surface area contributed by atoms with Crippen molar-refractivity contribution in [3.8, 4) is 16.8 Å². The lowest BCUT2D eigenvalue weighted by Crippen LogP contribution is -2.28. The first kappa shape index (κ1) is 35.7. The van der Waals surface area contributed by atoms with Gasteiger partial charge in [0.05, 0.1) is 28.4 Å². The topological polar surface area (TPSA) is 55.9 Å². The summed E-state index contributed by atoms with van der Waals surface area (Å²) < 4.78 is 15.8. The van der Waals surface area contributed by atoms with Crippen LogP contribution in [0, 0.1) is 5.92 Å². The van der Waals surface area contributed by atoms with Crippen LogP contribution in [0.2, 0.25) is 0 Å². The molecule has 12 aromatic rings. The van der Waals surface area contributed by atoms with Crippen molar-refractivity contribution in [2.24, 2.45) is 15.9 Å². The molecule has 13 rings (SSSR count). The largest absolute Gasteiger partial charge is 0.456 e. The van der Waals surface area contributed by atoms with E-state index < -0.39 is 0 Å². The molecule has 1 aliphatic heterocycles. The predicted molar refractivity (Wildman–Crippen MR) is 261 cm³/mol. The highest BCUT2D eigenvalue weighted by Crippen LogP contribution is 2.43. The van der Waals surface area contributed by atoms with Crippen LogP contribution in [-0.4, -0.2) is 16.1 Å². The quantitative estimate of drug-likeness (QED) is 0.168. The molecule has 298 valence electrons. The first-order valence-electron chi connectivity index (χ1n) is 21.8. The number of para-hydroxylation sites is 3. The van der Waals surface area contributed by atoms with Crippen LogP contribution >= 0.6 is 0 Å². The van der Waals surface area contributed by atoms with Crippen molar-refractivity contribution in [2.45, 2.75) is 19.4 Å². The van der Waals surface area contributed by atoms with Gasteiger partial charge in [-0.1, -0.05) is 146 Å². The summed E-state index contributed by atoms with van der Waals surface area (Å²) in [6.07, 6.45) is 0.837. The maximum atomic E-state index is 6.87. The molecule has 9 aromatic carbocycles. The van der Waals surface area contributed by atoms with E-state index in [1.165, 1.54) is 27.1 Å². The fourth-order valence-corrected chi connectivity index (χ4v) is 10.2. The summed E-state index contributed by atoms with van der Waals surface area (Å²) in [6.45, 7) is 2.25. The molecule has 0 saturated heterocycles. The number of aliphatic imine (C=N–C) groups is 2. The van der Waals surface area contributed by atoms with Gasteiger partial charge in [0.15, 0.2) is 5.84 Å². The Morgan fingerprint density at radius 2 is 1.14 bits per heavy atom. The van der Waals surface area contributed by atoms with Gasteiger partial charge in [-0.25, -0.2) is 4.99 Å². The van der Waals surface area contributed by atoms with Gasteiger partial charge >= 0.3 is 0 Å². The molecular formula is C58H39N3O2. The normalized spacial score (nSPS) is 15.6. The predicted octanol–water partition coefficient (Wildman–Crippen LogP) is 15.4. The summed E-state index contributed by atoms with van der Waals surface area (Å²) in [5.41, 5.74) is 13.0. The average molecular weight is 810 g/mol. The number of nitrogens with zero attached hydrogens (tertiary/aromatic N) is 3. The second-order valence-corrected chi connectivity index (χ2v) is 16.7. The van der Waals surface area contributed by atoms with Gasteiger partial charge in [0.25, 0.3) is 0 Å². The standard InChI is InChI=1S/C58H39N3O2/c1-2-42-55(39-20-14-19-36(29-39)35-15-4-3-5-16-35)59-58(60-56(42)40-27-28-46-44-22-9-12-25-52(44)62-54(46)32-40)49-34-41(33-48-45-23-10-13-26-53(45)63-57(48)49)61-50-24-11-8-21-43(50)47-30-37-17-6-7-18-38(37)31-51(47)61/h3-34,42,56H,2H2,1H3. The molecule has 4 heterocycles. The molecule has 0 saturated carbocycles. The first-order chi connectivity index (χ1) is 31.2. The third-order valence-corrected chi connectivity index (χ3v) is 13.2. The minimum Gasteiger partial charge on any atom is -0.456 e. The highest BCUT2D eigenvalue weighted by Gasteiger charge is 2.34. The van der Waals surface area contributed by atoms with Crippen LogP contribution in [0.5, 0.6) is 0 Å². The number of rotatable bonds is 6. The SMILES string of the molecule is CCC1C(c2cccc(-c3ccccc3)c2)=NC(c2cc(-n3c4ccccc4c4cc5ccccc5cc43)cc3c2oc2ccccc23)=NC1c1ccc2c(c1)oc1ccccc12. The van der Waals surface area contributed by atoms with E-state index in [0.717, 1.165) is 95.0 Å². The third-order valence-electron chi connectivity index (χ3n) is 13.2. The Hall–Kier alpha value is -8.02. The van der Waals surface area contributed by atoms with Gasteiger partial charge in [-0.05, 0) is 94.0 Å². The van der Waals surface area contributed by atoms with Gasteiger partial charge < -0.3 is 13.4 Å². The average Bonchev–Trinajstić information content (AvgIpc) is 4.02. The molecule has 5 heteroatoms. The van der Waals surface area contributed by atoms with Crippen molar-refractivity contribution in [1.29, 1.82) is 0 Å². The zero-order valence-corrected chi connectivity index (χ0v) is 34.5. The fourth-order valence-electron chi connectivity index (χ4n) is 10.2. The first-order valence-corrected chi connectivity index (χ1v) is 21.8. The minimum atomic E-state index is -0.252. The number of furan rings is 2. The fraction of sp³-hybridized carbons (Fsp3) is 0.0690. The summed E-state index contributed by atoms with van der Waals surface area (Å²) in [5.74, 6) is 0.633. The van der Waals surface area contributed by atoms with Crippen LogP contribution in [0.25, 0.3) is 93.3 Å². The summed E-state index contributed by atoms with van der Waals surface area (Å²) >= 11 is 0. The van der Waals surface area contributed by atoms with Crippen molar-refractivity contribution in [2.75, 3.05) is 0 Å². The zero-order chi connectivity index (χ0) is 41.6. The third kappa shape index (κ3) is 5.63. The van der Waals surface area contributed by atoms with Crippen LogP contribution in [0.1, 0.15) is 36.1 Å². The van der Waals surface area contributed by atoms with Crippen LogP contribution in [0.4, 0.5) is 0 Å². The number of fused-ring (bicyclic) bond motifs is 10. The van der Waals surface area contributed by atoms with Crippen molar-refractivity contribution in [3.63, 3.8) is 0 Å². The summed E-state index contributed by atoms with van der Waals surface area (Å²) in [5, 5.41) is 9.12. The molecule has 0 amide bonds. The minimum absolute atomic E-state index is 0.0124. The maximum absolute atomic E-state index is 6.87. The summed E-state index contributed by atoms with van der Waals surface area (Å²) in [6, 6.07) is 68.9. The molecule has 1 aliphatic rings. The van der Waals surface area contributed by atoms with Gasteiger partial charge in [0, 0.05) is 43.9 Å². The van der Waals surface area contributed by atoms with Gasteiger partial charge in [-0.3, -0.25) is 4.99 Å². The number of benzene rings is 9. The van der Waals surface area contributed by atoms with Gasteiger partial charge in [-0.2, -0.15) is 0 Å². The Morgan fingerprint density at radius 3 is 1.97 bits per heavy atom. The molecule has 5 nitrogen and oxygen atoms in total. The summed E-state index contributed by atoms with van der Waals surface area (Å²) in [4.78, 5) is 11.4. The van der Waals surface area contributed by atoms with E-state index in [2.05, 4.69) is 187 Å². The Bertz CT molecular complexity index is 3860. The zero-order valence-electron chi connectivity index (χ0n) is 34.5. The Morgan fingerprint density at radius 1 is 0.476 bits per heavy atom. The molecule has 0 N–H and O–H groups in total. The lowest BCUT2D eigenvalue weighted by atomic mass is 9.82. The molecule has 2 atom stereocenters. The van der Waals surface area contributed by atoms with E-state index in [1.807, 2.05) is 18.2 Å². The smallest absolute Gasteiger partial charge is 0.159 e. The number of hydrogen-bond acceptors (Lipinski definition) is 4. The van der Waals surface area contributed by atoms with Gasteiger partial charge in [-0.15, -0.1) is 0 Å². The molecular weight excluding hydrogens is 771 g/mol. The molecule has 0 spiro atoms. The molecule has 0 fully saturated rings. The lowest BCUT2D eigenvalue weighted by Gasteiger charge is -2.30. The Labute approximate surface area is 362 Å². The van der Waals surface area contributed by atoms with E-state index in [0.29, 0.717) is 5.84 Å². The lowest BCUT2D eigenvalue weighted by molar-refractivity contribution is 0.532. The highest BCUT2D eigenvalue weighted by molar-refractivity contribution is 6.22. The maximum Gasteiger partial charge on any atom is 0.159 e. The van der Waals surface area contributed by atoms with Crippen molar-refractivity contribution in [1.82, 2.24) is 4.57 Å². The van der Waals surface area contributed by atoms with Gasteiger partial charge in [0.2, 0.25) is 0 Å². The van der Waals surface area contributed by atoms with Crippen molar-refractivity contribution in [3.05, 3.63) is 211 Å². The molecule has 3 aromatic heterocycles. The van der Waals surface area contributed by atoms with E-state index in [1.54, 1.807) is 0 Å². The summed E-state index contributed by atoms with van der Waals surface area (Å²) in [7, 11) is 0. The Kier molecular flexibility index (Phi) is 7.94. The molecule has 63 heavy (non-hydrogen) atoms. The number of hydrogen-bond donors (Lipinski definition) is 0. The van der Waals surface area contributed by atoms with Crippen molar-refractivity contribution >= 4 is 88.0 Å². The van der Waals surface area contributed by atoms with E-state index in [9.17, 15) is 0 Å². The Balaban J connectivity index is 1.09. The molecule has 2 unspecified atom stereocenters. The van der Waals surface area contributed by atoms with Gasteiger partial charge in [0.1, 0.15) is 22.3 Å². The monoisotopic (exact) mass is 809 g/mol. The van der Waals surface area contributed by atoms with Crippen LogP contribution in [0.15, 0.2) is 213 Å². The number of aromatic nitrogens is 1. The highest BCUT2D eigenvalue weighted by atomic mass is 16.3. The second-order valence-electron chi connectivity index (χ2n) is 16.7. The number of amidine groups is 1.